The fourth-order valence-corrected chi connectivity index (χ4v) is 12.5. The summed E-state index contributed by atoms with van der Waals surface area (Å²) in [5.74, 6) is 7.86. The number of fused-ring (bicyclic) bond motifs is 3. The van der Waals surface area contributed by atoms with Gasteiger partial charge in [-0.15, -0.1) is 17.7 Å². The van der Waals surface area contributed by atoms with Gasteiger partial charge >= 0.3 is 154 Å². The fourth-order valence-electron chi connectivity index (χ4n) is 8.94. The van der Waals surface area contributed by atoms with Gasteiger partial charge in [-0.05, 0) is 53.1 Å². The van der Waals surface area contributed by atoms with E-state index in [-0.39, 0.29) is 25.5 Å². The van der Waals surface area contributed by atoms with Gasteiger partial charge in [0.25, 0.3) is 0 Å². The van der Waals surface area contributed by atoms with Crippen molar-refractivity contribution in [1.82, 2.24) is 15.0 Å². The van der Waals surface area contributed by atoms with Crippen LogP contribution in [0.4, 0.5) is 0 Å². The van der Waals surface area contributed by atoms with E-state index >= 15 is 0 Å². The third-order valence-corrected chi connectivity index (χ3v) is 16.5. The molecule has 4 aromatic heterocycles. The molecule has 6 heteroatoms. The average molecular weight is 1040 g/mol. The molecule has 0 amide bonds. The van der Waals surface area contributed by atoms with Crippen LogP contribution in [-0.2, 0) is 25.5 Å². The van der Waals surface area contributed by atoms with Gasteiger partial charge in [-0.2, -0.15) is 0 Å². The quantitative estimate of drug-likeness (QED) is 0.123. The third-order valence-electron chi connectivity index (χ3n) is 12.0. The Bertz CT molecular complexity index is 2770. The van der Waals surface area contributed by atoms with Crippen molar-refractivity contribution in [3.05, 3.63) is 156 Å². The van der Waals surface area contributed by atoms with E-state index in [0.29, 0.717) is 5.92 Å². The molecule has 0 N–H and O–H groups in total. The van der Waals surface area contributed by atoms with Gasteiger partial charge < -0.3 is 9.40 Å². The molecule has 4 nitrogen and oxygen atoms in total. The number of nitrogens with zero attached hydrogens (tertiary/aromatic N) is 3. The zero-order valence-electron chi connectivity index (χ0n) is 37.2. The van der Waals surface area contributed by atoms with Crippen LogP contribution in [0.3, 0.4) is 0 Å². The summed E-state index contributed by atoms with van der Waals surface area (Å²) in [6.45, 7) is 13.0. The van der Waals surface area contributed by atoms with Crippen molar-refractivity contribution in [2.45, 2.75) is 102 Å². The van der Waals surface area contributed by atoms with E-state index < -0.39 is 13.3 Å². The molecule has 1 radical (unpaired) electrons. The molecule has 4 heterocycles. The van der Waals surface area contributed by atoms with E-state index in [9.17, 15) is 0 Å². The number of furan rings is 1. The summed E-state index contributed by atoms with van der Waals surface area (Å²) in [6.07, 6.45) is 10.6. The molecule has 0 spiro atoms. The second-order valence-corrected chi connectivity index (χ2v) is 29.4. The van der Waals surface area contributed by atoms with E-state index in [1.54, 1.807) is 0 Å². The molecule has 8 aromatic rings. The maximum atomic E-state index is 6.65. The first-order valence-electron chi connectivity index (χ1n) is 21.6. The summed E-state index contributed by atoms with van der Waals surface area (Å²) in [6, 6.07) is 43.5. The van der Waals surface area contributed by atoms with Gasteiger partial charge in [0.15, 0.2) is 0 Å². The Balaban J connectivity index is 0.000000192. The van der Waals surface area contributed by atoms with Crippen LogP contribution in [0.15, 0.2) is 120 Å². The first-order valence-corrected chi connectivity index (χ1v) is 29.0. The first-order chi connectivity index (χ1) is 28.7. The number of aromatic nitrogens is 3. The number of aryl methyl sites for hydroxylation is 3. The topological polar surface area (TPSA) is 51.8 Å². The molecule has 1 aliphatic rings. The normalized spacial score (nSPS) is 13.5. The molecule has 61 heavy (non-hydrogen) atoms. The Morgan fingerprint density at radius 1 is 0.689 bits per heavy atom. The molecule has 0 atom stereocenters. The van der Waals surface area contributed by atoms with Crippen LogP contribution in [0.2, 0.25) is 17.3 Å². The molecule has 313 valence electrons. The first kappa shape index (κ1) is 44.4. The Labute approximate surface area is 379 Å². The van der Waals surface area contributed by atoms with E-state index in [4.69, 9.17) is 14.4 Å². The smallest absolute Gasteiger partial charge is 0 e. The molecule has 0 bridgehead atoms. The van der Waals surface area contributed by atoms with Crippen molar-refractivity contribution < 1.29 is 24.5 Å². The Hall–Kier alpha value is -4.68. The van der Waals surface area contributed by atoms with Crippen LogP contribution in [0.5, 0.6) is 0 Å². The van der Waals surface area contributed by atoms with Crippen LogP contribution in [-0.4, -0.2) is 28.2 Å². The molecular weight excluding hydrogens is 983 g/mol. The second-order valence-electron chi connectivity index (χ2n) is 18.8. The monoisotopic (exact) mass is 1040 g/mol. The molecule has 0 saturated heterocycles. The van der Waals surface area contributed by atoms with Gasteiger partial charge in [-0.3, -0.25) is 0 Å². The second kappa shape index (κ2) is 18.3. The Kier molecular flexibility index (Phi) is 13.4. The number of hydrogen-bond acceptors (Lipinski definition) is 4. The van der Waals surface area contributed by atoms with E-state index in [0.717, 1.165) is 61.6 Å². The van der Waals surface area contributed by atoms with E-state index in [2.05, 4.69) is 171 Å². The van der Waals surface area contributed by atoms with Crippen molar-refractivity contribution in [2.24, 2.45) is 0 Å². The third kappa shape index (κ3) is 9.86. The molecule has 1 fully saturated rings. The van der Waals surface area contributed by atoms with Gasteiger partial charge in [0.05, 0.1) is 5.58 Å². The van der Waals surface area contributed by atoms with Crippen molar-refractivity contribution >= 4 is 39.6 Å². The minimum absolute atomic E-state index is 0. The summed E-state index contributed by atoms with van der Waals surface area (Å²) in [5, 5.41) is 2.34. The summed E-state index contributed by atoms with van der Waals surface area (Å²) < 4.78 is 8.13. The van der Waals surface area contributed by atoms with Gasteiger partial charge in [0, 0.05) is 31.7 Å². The zero-order chi connectivity index (χ0) is 42.2. The van der Waals surface area contributed by atoms with Gasteiger partial charge in [-0.1, -0.05) is 105 Å². The molecule has 0 unspecified atom stereocenters. The van der Waals surface area contributed by atoms with Gasteiger partial charge in [0.1, 0.15) is 5.58 Å². The molecule has 9 rings (SSSR count). The summed E-state index contributed by atoms with van der Waals surface area (Å²) >= 11 is -1.85. The van der Waals surface area contributed by atoms with E-state index in [1.807, 2.05) is 20.0 Å². The van der Waals surface area contributed by atoms with Crippen LogP contribution < -0.4 is 4.40 Å². The number of rotatable bonds is 6. The number of benzene rings is 4. The number of hydrogen-bond donors (Lipinski definition) is 0. The predicted molar refractivity (Wildman–Crippen MR) is 255 cm³/mol. The molecule has 0 aliphatic heterocycles. The average Bonchev–Trinajstić information content (AvgIpc) is 3.62. The molecule has 4 aromatic carbocycles. The van der Waals surface area contributed by atoms with Crippen molar-refractivity contribution in [1.29, 1.82) is 0 Å². The van der Waals surface area contributed by atoms with Crippen molar-refractivity contribution in [3.8, 4) is 44.8 Å². The summed E-state index contributed by atoms with van der Waals surface area (Å²) in [5.41, 5.74) is 16.6. The van der Waals surface area contributed by atoms with Gasteiger partial charge in [-0.25, -0.2) is 0 Å². The van der Waals surface area contributed by atoms with Crippen LogP contribution in [0.25, 0.3) is 66.7 Å². The number of pyridine rings is 3. The van der Waals surface area contributed by atoms with Gasteiger partial charge in [0.2, 0.25) is 0 Å². The Morgan fingerprint density at radius 3 is 2.07 bits per heavy atom. The van der Waals surface area contributed by atoms with Crippen molar-refractivity contribution in [2.75, 3.05) is 0 Å². The summed E-state index contributed by atoms with van der Waals surface area (Å²) in [4.78, 5) is 13.9. The molecule has 1 aliphatic carbocycles. The van der Waals surface area contributed by atoms with Crippen LogP contribution >= 0.6 is 0 Å². The minimum atomic E-state index is -1.85. The predicted octanol–water partition coefficient (Wildman–Crippen LogP) is 14.5. The SMILES string of the molecule is CC(C)(C)c1c[c-]c(-c2cc(C3CCCCC3)ccn2)c2oc3cc(-c4ccccc4)ccc3c12.Cc1cc(-c2c[c-]c(-c3cc(C)[c]([Ge]([CH3])([CH3])[CH3])cn3)cc2)cc(C)n1.[Ir]. The van der Waals surface area contributed by atoms with Crippen LogP contribution in [0, 0.1) is 32.9 Å². The van der Waals surface area contributed by atoms with Crippen LogP contribution in [0.1, 0.15) is 86.9 Å². The zero-order valence-corrected chi connectivity index (χ0v) is 41.7. The Morgan fingerprint density at radius 2 is 1.41 bits per heavy atom. The van der Waals surface area contributed by atoms with E-state index in [1.165, 1.54) is 69.7 Å². The van der Waals surface area contributed by atoms with Crippen molar-refractivity contribution in [3.63, 3.8) is 0 Å². The maximum absolute atomic E-state index is 6.65. The minimum Gasteiger partial charge on any atom is 0 e. The fraction of sp³-hybridized carbons (Fsp3) is 0.291. The molecule has 1 saturated carbocycles. The summed E-state index contributed by atoms with van der Waals surface area (Å²) in [7, 11) is 0. The molecular formula is C55H57GeIrN3O-2. The standard InChI is InChI=1S/C33H32NO.C22H25GeN2.Ir/c1-33(2,3)28-17-16-26(29-20-25(18-19-34-29)23-12-8-5-9-13-23)32-31(28)27-15-14-24(21-30(27)35-32)22-10-6-4-7-11-22;1-15-11-22(24-14-21(15)23(4,5)6)19-9-7-18(8-10-19)20-12-16(2)25-17(3)13-20;/h4,6-7,10-11,14-15,17-21,23H,5,8-9,12-13H2,1-3H3;7-9,11-14H,1-6H3;/q2*-1;.